The van der Waals surface area contributed by atoms with Gasteiger partial charge in [0.25, 0.3) is 0 Å². The smallest absolute Gasteiger partial charge is 0.225 e. The first-order chi connectivity index (χ1) is 12.1. The molecule has 2 heterocycles. The van der Waals surface area contributed by atoms with Gasteiger partial charge in [0.2, 0.25) is 11.8 Å². The molecule has 4 nitrogen and oxygen atoms in total. The maximum atomic E-state index is 14.0. The number of amides is 2. The van der Waals surface area contributed by atoms with Crippen molar-refractivity contribution in [1.29, 1.82) is 0 Å². The fraction of sp³-hybridized carbons (Fsp3) is 0.579. The highest BCUT2D eigenvalue weighted by Crippen LogP contribution is 2.38. The summed E-state index contributed by atoms with van der Waals surface area (Å²) in [5, 5.41) is 3.11. The molecule has 6 heteroatoms. The lowest BCUT2D eigenvalue weighted by Gasteiger charge is -2.34. The first-order valence-corrected chi connectivity index (χ1v) is 10.1. The van der Waals surface area contributed by atoms with E-state index < -0.39 is 0 Å². The minimum absolute atomic E-state index is 0.0129. The molecule has 0 spiro atoms. The second-order valence-electron chi connectivity index (χ2n) is 6.79. The minimum Gasteiger partial charge on any atom is -0.349 e. The van der Waals surface area contributed by atoms with Crippen molar-refractivity contribution in [3.63, 3.8) is 0 Å². The van der Waals surface area contributed by atoms with Crippen molar-refractivity contribution in [2.24, 2.45) is 5.92 Å². The molecule has 1 fully saturated rings. The lowest BCUT2D eigenvalue weighted by Crippen LogP contribution is -2.46. The number of hydrogen-bond acceptors (Lipinski definition) is 3. The molecule has 136 valence electrons. The zero-order chi connectivity index (χ0) is 17.8. The van der Waals surface area contributed by atoms with Crippen LogP contribution in [0.4, 0.5) is 4.39 Å². The van der Waals surface area contributed by atoms with Crippen molar-refractivity contribution in [2.75, 3.05) is 18.8 Å². The Hall–Kier alpha value is -1.56. The van der Waals surface area contributed by atoms with Gasteiger partial charge >= 0.3 is 0 Å². The summed E-state index contributed by atoms with van der Waals surface area (Å²) in [7, 11) is 0. The molecule has 2 aliphatic heterocycles. The van der Waals surface area contributed by atoms with Gasteiger partial charge in [-0.15, -0.1) is 11.8 Å². The largest absolute Gasteiger partial charge is 0.349 e. The molecule has 1 saturated heterocycles. The number of thioether (sulfide) groups is 1. The zero-order valence-corrected chi connectivity index (χ0v) is 15.4. The summed E-state index contributed by atoms with van der Waals surface area (Å²) in [5.74, 6) is 0.546. The number of carbonyl (C=O) groups excluding carboxylic acids is 2. The van der Waals surface area contributed by atoms with Crippen LogP contribution in [0.1, 0.15) is 50.6 Å². The number of halogens is 1. The average molecular weight is 364 g/mol. The van der Waals surface area contributed by atoms with Crippen LogP contribution in [-0.4, -0.2) is 35.6 Å². The fourth-order valence-corrected chi connectivity index (χ4v) is 4.76. The van der Waals surface area contributed by atoms with Gasteiger partial charge in [0.15, 0.2) is 0 Å². The predicted octanol–water partition coefficient (Wildman–Crippen LogP) is 3.52. The third-order valence-corrected chi connectivity index (χ3v) is 6.11. The quantitative estimate of drug-likeness (QED) is 0.889. The van der Waals surface area contributed by atoms with Crippen LogP contribution < -0.4 is 5.32 Å². The van der Waals surface area contributed by atoms with Crippen molar-refractivity contribution in [3.8, 4) is 0 Å². The van der Waals surface area contributed by atoms with Crippen molar-refractivity contribution >= 4 is 23.6 Å². The van der Waals surface area contributed by atoms with Crippen LogP contribution in [-0.2, 0) is 9.59 Å². The molecule has 2 atom stereocenters. The SMILES string of the molecule is CCCC(=O)N1CCCC(C(=O)NC2CCSc3c(F)cccc32)C1. The van der Waals surface area contributed by atoms with Crippen LogP contribution in [0.2, 0.25) is 0 Å². The second-order valence-corrected chi connectivity index (χ2v) is 7.89. The Morgan fingerprint density at radius 3 is 3.00 bits per heavy atom. The second kappa shape index (κ2) is 8.21. The summed E-state index contributed by atoms with van der Waals surface area (Å²) in [6.45, 7) is 3.24. The number of hydrogen-bond donors (Lipinski definition) is 1. The summed E-state index contributed by atoms with van der Waals surface area (Å²) in [6, 6.07) is 4.92. The molecule has 1 aromatic rings. The topological polar surface area (TPSA) is 49.4 Å². The number of fused-ring (bicyclic) bond motifs is 1. The molecule has 2 aliphatic rings. The van der Waals surface area contributed by atoms with E-state index in [0.717, 1.165) is 43.5 Å². The molecular formula is C19H25FN2O2S. The van der Waals surface area contributed by atoms with E-state index in [1.807, 2.05) is 17.9 Å². The van der Waals surface area contributed by atoms with Crippen LogP contribution in [0.25, 0.3) is 0 Å². The van der Waals surface area contributed by atoms with Gasteiger partial charge in [0.1, 0.15) is 5.82 Å². The van der Waals surface area contributed by atoms with E-state index in [9.17, 15) is 14.0 Å². The highest BCUT2D eigenvalue weighted by molar-refractivity contribution is 7.99. The molecule has 0 bridgehead atoms. The van der Waals surface area contributed by atoms with E-state index in [1.54, 1.807) is 6.07 Å². The summed E-state index contributed by atoms with van der Waals surface area (Å²) in [6.07, 6.45) is 3.84. The van der Waals surface area contributed by atoms with Crippen molar-refractivity contribution in [3.05, 3.63) is 29.6 Å². The van der Waals surface area contributed by atoms with Crippen LogP contribution in [0.15, 0.2) is 23.1 Å². The number of likely N-dealkylation sites (tertiary alicyclic amines) is 1. The molecule has 1 N–H and O–H groups in total. The van der Waals surface area contributed by atoms with Gasteiger partial charge in [-0.25, -0.2) is 4.39 Å². The minimum atomic E-state index is -0.213. The van der Waals surface area contributed by atoms with Crippen LogP contribution in [0.5, 0.6) is 0 Å². The Balaban J connectivity index is 1.65. The van der Waals surface area contributed by atoms with E-state index in [0.29, 0.717) is 17.9 Å². The first kappa shape index (κ1) is 18.2. The van der Waals surface area contributed by atoms with Crippen LogP contribution in [0, 0.1) is 11.7 Å². The fourth-order valence-electron chi connectivity index (χ4n) is 3.62. The van der Waals surface area contributed by atoms with Gasteiger partial charge in [-0.1, -0.05) is 19.1 Å². The number of benzene rings is 1. The monoisotopic (exact) mass is 364 g/mol. The standard InChI is InChI=1S/C19H25FN2O2S/c1-2-5-17(23)22-10-4-6-13(12-22)19(24)21-16-9-11-25-18-14(16)7-3-8-15(18)20/h3,7-8,13,16H,2,4-6,9-12H2,1H3,(H,21,24). The van der Waals surface area contributed by atoms with E-state index in [-0.39, 0.29) is 29.6 Å². The number of nitrogens with zero attached hydrogens (tertiary/aromatic N) is 1. The summed E-state index contributed by atoms with van der Waals surface area (Å²) >= 11 is 1.51. The number of rotatable bonds is 4. The summed E-state index contributed by atoms with van der Waals surface area (Å²) in [5.41, 5.74) is 0.874. The van der Waals surface area contributed by atoms with Gasteiger partial charge in [0, 0.05) is 30.2 Å². The molecule has 2 unspecified atom stereocenters. The molecule has 1 aromatic carbocycles. The van der Waals surface area contributed by atoms with E-state index in [4.69, 9.17) is 0 Å². The van der Waals surface area contributed by atoms with Gasteiger partial charge in [0.05, 0.1) is 12.0 Å². The van der Waals surface area contributed by atoms with E-state index in [2.05, 4.69) is 5.32 Å². The van der Waals surface area contributed by atoms with Crippen LogP contribution >= 0.6 is 11.8 Å². The average Bonchev–Trinajstić information content (AvgIpc) is 2.63. The van der Waals surface area contributed by atoms with Crippen molar-refractivity contribution < 1.29 is 14.0 Å². The highest BCUT2D eigenvalue weighted by Gasteiger charge is 2.31. The van der Waals surface area contributed by atoms with Gasteiger partial charge in [-0.2, -0.15) is 0 Å². The van der Waals surface area contributed by atoms with Crippen molar-refractivity contribution in [1.82, 2.24) is 10.2 Å². The van der Waals surface area contributed by atoms with Crippen LogP contribution in [0.3, 0.4) is 0 Å². The molecule has 0 saturated carbocycles. The molecule has 25 heavy (non-hydrogen) atoms. The predicted molar refractivity (Wildman–Crippen MR) is 96.8 cm³/mol. The number of nitrogens with one attached hydrogen (secondary N) is 1. The van der Waals surface area contributed by atoms with E-state index >= 15 is 0 Å². The van der Waals surface area contributed by atoms with Gasteiger partial charge < -0.3 is 10.2 Å². The Morgan fingerprint density at radius 1 is 1.36 bits per heavy atom. The molecule has 0 radical (unpaired) electrons. The third kappa shape index (κ3) is 4.17. The molecule has 3 rings (SSSR count). The third-order valence-electron chi connectivity index (χ3n) is 4.95. The Morgan fingerprint density at radius 2 is 2.20 bits per heavy atom. The lowest BCUT2D eigenvalue weighted by molar-refractivity contribution is -0.136. The Labute approximate surface area is 152 Å². The number of piperidine rings is 1. The first-order valence-electron chi connectivity index (χ1n) is 9.09. The summed E-state index contributed by atoms with van der Waals surface area (Å²) < 4.78 is 14.0. The maximum absolute atomic E-state index is 14.0. The number of carbonyl (C=O) groups is 2. The zero-order valence-electron chi connectivity index (χ0n) is 14.6. The molecular weight excluding hydrogens is 339 g/mol. The van der Waals surface area contributed by atoms with Crippen molar-refractivity contribution in [2.45, 2.75) is 50.0 Å². The maximum Gasteiger partial charge on any atom is 0.225 e. The Bertz CT molecular complexity index is 652. The molecule has 2 amide bonds. The van der Waals surface area contributed by atoms with Gasteiger partial charge in [-0.3, -0.25) is 9.59 Å². The summed E-state index contributed by atoms with van der Waals surface area (Å²) in [4.78, 5) is 27.3. The Kier molecular flexibility index (Phi) is 5.99. The molecule has 0 aliphatic carbocycles. The van der Waals surface area contributed by atoms with Gasteiger partial charge in [-0.05, 0) is 37.3 Å². The lowest BCUT2D eigenvalue weighted by atomic mass is 9.95. The van der Waals surface area contributed by atoms with E-state index in [1.165, 1.54) is 17.8 Å². The highest BCUT2D eigenvalue weighted by atomic mass is 32.2. The molecule has 0 aromatic heterocycles. The normalized spacial score (nSPS) is 23.0.